The Morgan fingerprint density at radius 3 is 2.90 bits per heavy atom. The van der Waals surface area contributed by atoms with E-state index in [1.807, 2.05) is 0 Å². The Hall–Kier alpha value is -0.910. The molecule has 1 fully saturated rings. The number of nitrogens with zero attached hydrogens (tertiary/aromatic N) is 1. The van der Waals surface area contributed by atoms with Gasteiger partial charge in [-0.15, -0.1) is 0 Å². The van der Waals surface area contributed by atoms with E-state index in [1.54, 1.807) is 4.31 Å². The third-order valence-corrected chi connectivity index (χ3v) is 5.07. The zero-order chi connectivity index (χ0) is 14.6. The van der Waals surface area contributed by atoms with Crippen LogP contribution < -0.4 is 5.32 Å². The number of sulfonamides is 1. The molecule has 4 nitrogen and oxygen atoms in total. The summed E-state index contributed by atoms with van der Waals surface area (Å²) in [4.78, 5) is 0. The molecule has 0 aromatic heterocycles. The Balaban J connectivity index is 1.79. The fraction of sp³-hybridized carbons (Fsp3) is 0.600. The summed E-state index contributed by atoms with van der Waals surface area (Å²) < 4.78 is 24.7. The van der Waals surface area contributed by atoms with E-state index in [1.165, 1.54) is 17.4 Å². The van der Waals surface area contributed by atoms with Crippen LogP contribution in [0.25, 0.3) is 0 Å². The lowest BCUT2D eigenvalue weighted by molar-refractivity contribution is 0.261. The van der Waals surface area contributed by atoms with Gasteiger partial charge in [0.2, 0.25) is 10.0 Å². The topological polar surface area (TPSA) is 49.4 Å². The van der Waals surface area contributed by atoms with E-state index >= 15 is 0 Å². The molecule has 1 unspecified atom stereocenters. The van der Waals surface area contributed by atoms with E-state index in [4.69, 9.17) is 0 Å². The van der Waals surface area contributed by atoms with E-state index in [9.17, 15) is 8.42 Å². The maximum absolute atomic E-state index is 11.6. The van der Waals surface area contributed by atoms with Crippen molar-refractivity contribution in [2.45, 2.75) is 26.3 Å². The Kier molecular flexibility index (Phi) is 5.18. The van der Waals surface area contributed by atoms with Crippen LogP contribution in [0.1, 0.15) is 24.0 Å². The minimum atomic E-state index is -3.04. The molecule has 1 aromatic carbocycles. The molecule has 1 aromatic rings. The number of aryl methyl sites for hydroxylation is 1. The highest BCUT2D eigenvalue weighted by atomic mass is 32.2. The summed E-state index contributed by atoms with van der Waals surface area (Å²) in [5.41, 5.74) is 2.55. The first-order chi connectivity index (χ1) is 9.45. The van der Waals surface area contributed by atoms with Crippen molar-refractivity contribution in [3.63, 3.8) is 0 Å². The van der Waals surface area contributed by atoms with Crippen molar-refractivity contribution < 1.29 is 8.42 Å². The lowest BCUT2D eigenvalue weighted by Crippen LogP contribution is -2.42. The number of nitrogens with one attached hydrogen (secondary N) is 1. The van der Waals surface area contributed by atoms with Gasteiger partial charge in [0, 0.05) is 19.6 Å². The van der Waals surface area contributed by atoms with Gasteiger partial charge in [0.1, 0.15) is 0 Å². The van der Waals surface area contributed by atoms with Gasteiger partial charge in [0.15, 0.2) is 0 Å². The van der Waals surface area contributed by atoms with Gasteiger partial charge in [-0.1, -0.05) is 29.8 Å². The fourth-order valence-corrected chi connectivity index (χ4v) is 3.68. The third kappa shape index (κ3) is 4.58. The highest BCUT2D eigenvalue weighted by Crippen LogP contribution is 2.18. The molecular formula is C15H24N2O2S. The molecule has 0 aliphatic carbocycles. The van der Waals surface area contributed by atoms with Crippen LogP contribution in [-0.4, -0.2) is 38.6 Å². The van der Waals surface area contributed by atoms with Gasteiger partial charge in [-0.05, 0) is 37.8 Å². The molecule has 1 atom stereocenters. The average Bonchev–Trinajstić information content (AvgIpc) is 2.38. The van der Waals surface area contributed by atoms with E-state index in [0.29, 0.717) is 19.0 Å². The Morgan fingerprint density at radius 1 is 1.40 bits per heavy atom. The smallest absolute Gasteiger partial charge is 0.211 e. The predicted octanol–water partition coefficient (Wildman–Crippen LogP) is 1.76. The second-order valence-corrected chi connectivity index (χ2v) is 7.73. The maximum Gasteiger partial charge on any atom is 0.211 e. The average molecular weight is 296 g/mol. The number of benzene rings is 1. The molecule has 0 amide bonds. The van der Waals surface area contributed by atoms with E-state index in [2.05, 4.69) is 36.5 Å². The Bertz CT molecular complexity index is 543. The number of hydrogen-bond acceptors (Lipinski definition) is 3. The summed E-state index contributed by atoms with van der Waals surface area (Å²) in [5.74, 6) is 0.420. The van der Waals surface area contributed by atoms with Gasteiger partial charge < -0.3 is 5.32 Å². The van der Waals surface area contributed by atoms with Crippen LogP contribution in [0.2, 0.25) is 0 Å². The van der Waals surface area contributed by atoms with Crippen molar-refractivity contribution in [3.8, 4) is 0 Å². The standard InChI is InChI=1S/C15H24N2O2S/c1-13-5-3-6-14(9-13)10-16-11-15-7-4-8-17(12-15)20(2,18)19/h3,5-6,9,15-16H,4,7-8,10-12H2,1-2H3. The van der Waals surface area contributed by atoms with Gasteiger partial charge in [-0.3, -0.25) is 0 Å². The maximum atomic E-state index is 11.6. The van der Waals surface area contributed by atoms with Crippen molar-refractivity contribution >= 4 is 10.0 Å². The first-order valence-corrected chi connectivity index (χ1v) is 9.01. The second-order valence-electron chi connectivity index (χ2n) is 5.75. The van der Waals surface area contributed by atoms with Crippen molar-refractivity contribution in [2.75, 3.05) is 25.9 Å². The van der Waals surface area contributed by atoms with Gasteiger partial charge in [0.25, 0.3) is 0 Å². The minimum Gasteiger partial charge on any atom is -0.312 e. The largest absolute Gasteiger partial charge is 0.312 e. The highest BCUT2D eigenvalue weighted by molar-refractivity contribution is 7.88. The van der Waals surface area contributed by atoms with Crippen LogP contribution in [0.4, 0.5) is 0 Å². The van der Waals surface area contributed by atoms with Crippen LogP contribution in [0, 0.1) is 12.8 Å². The zero-order valence-corrected chi connectivity index (χ0v) is 13.1. The highest BCUT2D eigenvalue weighted by Gasteiger charge is 2.25. The predicted molar refractivity (Wildman–Crippen MR) is 82.0 cm³/mol. The van der Waals surface area contributed by atoms with Crippen LogP contribution in [0.15, 0.2) is 24.3 Å². The summed E-state index contributed by atoms with van der Waals surface area (Å²) in [6, 6.07) is 8.45. The van der Waals surface area contributed by atoms with Crippen molar-refractivity contribution in [3.05, 3.63) is 35.4 Å². The van der Waals surface area contributed by atoms with Crippen LogP contribution >= 0.6 is 0 Å². The summed E-state index contributed by atoms with van der Waals surface area (Å²) in [6.07, 6.45) is 3.37. The second kappa shape index (κ2) is 6.70. The van der Waals surface area contributed by atoms with Gasteiger partial charge in [0.05, 0.1) is 6.26 Å². The summed E-state index contributed by atoms with van der Waals surface area (Å²) >= 11 is 0. The molecule has 112 valence electrons. The summed E-state index contributed by atoms with van der Waals surface area (Å²) in [7, 11) is -3.04. The minimum absolute atomic E-state index is 0.420. The van der Waals surface area contributed by atoms with Crippen molar-refractivity contribution in [2.24, 2.45) is 5.92 Å². The van der Waals surface area contributed by atoms with Gasteiger partial charge >= 0.3 is 0 Å². The fourth-order valence-electron chi connectivity index (χ4n) is 2.74. The van der Waals surface area contributed by atoms with Crippen LogP contribution in [0.5, 0.6) is 0 Å². The first-order valence-electron chi connectivity index (χ1n) is 7.16. The van der Waals surface area contributed by atoms with E-state index in [-0.39, 0.29) is 0 Å². The molecule has 1 heterocycles. The molecule has 0 bridgehead atoms. The number of rotatable bonds is 5. The van der Waals surface area contributed by atoms with Crippen LogP contribution in [0.3, 0.4) is 0 Å². The van der Waals surface area contributed by atoms with Crippen molar-refractivity contribution in [1.29, 1.82) is 0 Å². The van der Waals surface area contributed by atoms with Gasteiger partial charge in [-0.25, -0.2) is 12.7 Å². The molecule has 5 heteroatoms. The molecule has 1 aliphatic heterocycles. The SMILES string of the molecule is Cc1cccc(CNCC2CCCN(S(C)(=O)=O)C2)c1. The normalized spacial score (nSPS) is 21.0. The quantitative estimate of drug-likeness (QED) is 0.900. The zero-order valence-electron chi connectivity index (χ0n) is 12.3. The summed E-state index contributed by atoms with van der Waals surface area (Å²) in [6.45, 7) is 5.14. The number of piperidine rings is 1. The Morgan fingerprint density at radius 2 is 2.20 bits per heavy atom. The van der Waals surface area contributed by atoms with Gasteiger partial charge in [-0.2, -0.15) is 0 Å². The summed E-state index contributed by atoms with van der Waals surface area (Å²) in [5, 5.41) is 3.45. The van der Waals surface area contributed by atoms with E-state index in [0.717, 1.165) is 25.9 Å². The number of hydrogen-bond donors (Lipinski definition) is 1. The molecular weight excluding hydrogens is 272 g/mol. The van der Waals surface area contributed by atoms with Crippen LogP contribution in [-0.2, 0) is 16.6 Å². The molecule has 0 saturated carbocycles. The van der Waals surface area contributed by atoms with E-state index < -0.39 is 10.0 Å². The lowest BCUT2D eigenvalue weighted by Gasteiger charge is -2.31. The molecule has 0 radical (unpaired) electrons. The third-order valence-electron chi connectivity index (χ3n) is 3.80. The monoisotopic (exact) mass is 296 g/mol. The molecule has 2 rings (SSSR count). The molecule has 0 spiro atoms. The molecule has 20 heavy (non-hydrogen) atoms. The molecule has 1 aliphatic rings. The molecule has 1 N–H and O–H groups in total. The first kappa shape index (κ1) is 15.5. The van der Waals surface area contributed by atoms with Crippen molar-refractivity contribution in [1.82, 2.24) is 9.62 Å². The Labute approximate surface area is 122 Å². The molecule has 1 saturated heterocycles. The lowest BCUT2D eigenvalue weighted by atomic mass is 9.99.